The van der Waals surface area contributed by atoms with Gasteiger partial charge in [-0.05, 0) is 49.8 Å². The summed E-state index contributed by atoms with van der Waals surface area (Å²) >= 11 is 0. The monoisotopic (exact) mass is 418 g/mol. The Kier molecular flexibility index (Phi) is 18.8. The van der Waals surface area contributed by atoms with Gasteiger partial charge >= 0.3 is 35.5 Å². The van der Waals surface area contributed by atoms with Gasteiger partial charge in [-0.1, -0.05) is 59.5 Å². The maximum atomic E-state index is 12.5. The Morgan fingerprint density at radius 1 is 1.07 bits per heavy atom. The van der Waals surface area contributed by atoms with E-state index in [1.54, 1.807) is 13.8 Å². The second kappa shape index (κ2) is 18.0. The van der Waals surface area contributed by atoms with E-state index in [-0.39, 0.29) is 47.3 Å². The molecule has 7 heteroatoms. The SMILES string of the molecule is C=CCCCCCCCCC([O-])=N[C@@H](CC(C)C)C(=O)N[C@H](C(=O)O)C(C)C.[Na+]. The molecule has 0 bridgehead atoms. The summed E-state index contributed by atoms with van der Waals surface area (Å²) in [6.07, 6.45) is 10.1. The van der Waals surface area contributed by atoms with Crippen molar-refractivity contribution in [3.05, 3.63) is 12.7 Å². The Morgan fingerprint density at radius 2 is 1.62 bits per heavy atom. The third-order valence-electron chi connectivity index (χ3n) is 4.58. The number of unbranched alkanes of at least 4 members (excludes halogenated alkanes) is 6. The molecule has 0 rings (SSSR count). The third kappa shape index (κ3) is 15.6. The van der Waals surface area contributed by atoms with Crippen LogP contribution in [-0.4, -0.2) is 35.0 Å². The summed E-state index contributed by atoms with van der Waals surface area (Å²) in [5, 5.41) is 24.0. The van der Waals surface area contributed by atoms with Crippen LogP contribution in [0, 0.1) is 11.8 Å². The third-order valence-corrected chi connectivity index (χ3v) is 4.58. The van der Waals surface area contributed by atoms with E-state index in [2.05, 4.69) is 16.9 Å². The maximum Gasteiger partial charge on any atom is 1.00 e. The predicted molar refractivity (Wildman–Crippen MR) is 112 cm³/mol. The van der Waals surface area contributed by atoms with E-state index < -0.39 is 24.0 Å². The first-order valence-electron chi connectivity index (χ1n) is 10.6. The van der Waals surface area contributed by atoms with Crippen molar-refractivity contribution in [3.63, 3.8) is 0 Å². The number of nitrogens with zero attached hydrogens (tertiary/aromatic N) is 1. The molecule has 0 aromatic heterocycles. The maximum absolute atomic E-state index is 12.5. The number of hydrogen-bond donors (Lipinski definition) is 2. The molecule has 2 atom stereocenters. The van der Waals surface area contributed by atoms with Gasteiger partial charge in [0.05, 0.1) is 0 Å². The number of carbonyl (C=O) groups excluding carboxylic acids is 1. The summed E-state index contributed by atoms with van der Waals surface area (Å²) in [6.45, 7) is 11.1. The normalized spacial score (nSPS) is 13.7. The second-order valence-electron chi connectivity index (χ2n) is 8.19. The smallest absolute Gasteiger partial charge is 0.862 e. The Labute approximate surface area is 198 Å². The summed E-state index contributed by atoms with van der Waals surface area (Å²) in [7, 11) is 0. The number of amides is 1. The van der Waals surface area contributed by atoms with Crippen LogP contribution in [0.1, 0.15) is 85.5 Å². The molecule has 0 aliphatic heterocycles. The van der Waals surface area contributed by atoms with Crippen LogP contribution in [0.15, 0.2) is 17.6 Å². The van der Waals surface area contributed by atoms with Crippen molar-refractivity contribution >= 4 is 17.8 Å². The molecule has 162 valence electrons. The van der Waals surface area contributed by atoms with Gasteiger partial charge in [0.1, 0.15) is 12.1 Å². The molecular formula is C22H39N2NaO4. The van der Waals surface area contributed by atoms with Gasteiger partial charge in [-0.2, -0.15) is 0 Å². The number of aliphatic imine (C=N–C) groups is 1. The summed E-state index contributed by atoms with van der Waals surface area (Å²) in [4.78, 5) is 27.9. The van der Waals surface area contributed by atoms with Gasteiger partial charge in [-0.15, -0.1) is 6.58 Å². The molecule has 6 nitrogen and oxygen atoms in total. The Balaban J connectivity index is 0. The van der Waals surface area contributed by atoms with Crippen LogP contribution < -0.4 is 40.0 Å². The molecule has 0 spiro atoms. The van der Waals surface area contributed by atoms with Crippen LogP contribution in [0.5, 0.6) is 0 Å². The minimum atomic E-state index is -1.08. The van der Waals surface area contributed by atoms with Crippen LogP contribution in [0.3, 0.4) is 0 Å². The van der Waals surface area contributed by atoms with Gasteiger partial charge in [-0.25, -0.2) is 4.79 Å². The fraction of sp³-hybridized carbons (Fsp3) is 0.773. The van der Waals surface area contributed by atoms with E-state index in [1.807, 2.05) is 19.9 Å². The largest absolute Gasteiger partial charge is 1.00 e. The fourth-order valence-corrected chi connectivity index (χ4v) is 2.94. The average Bonchev–Trinajstić information content (AvgIpc) is 2.60. The molecule has 0 aliphatic rings. The Morgan fingerprint density at radius 3 is 2.10 bits per heavy atom. The molecule has 0 saturated heterocycles. The van der Waals surface area contributed by atoms with E-state index in [1.165, 1.54) is 6.42 Å². The topological polar surface area (TPSA) is 102 Å². The Hall–Kier alpha value is -0.850. The van der Waals surface area contributed by atoms with Crippen LogP contribution in [0.25, 0.3) is 0 Å². The van der Waals surface area contributed by atoms with Gasteiger partial charge in [0.2, 0.25) is 5.91 Å². The van der Waals surface area contributed by atoms with E-state index in [4.69, 9.17) is 0 Å². The summed E-state index contributed by atoms with van der Waals surface area (Å²) in [5.41, 5.74) is 0. The number of carboxylic acid groups (broad SMARTS) is 1. The predicted octanol–water partition coefficient (Wildman–Crippen LogP) is 0.696. The molecule has 0 aromatic rings. The molecule has 0 radical (unpaired) electrons. The number of carboxylic acids is 1. The average molecular weight is 419 g/mol. The number of rotatable bonds is 16. The number of allylic oxidation sites excluding steroid dienone is 1. The zero-order chi connectivity index (χ0) is 21.5. The van der Waals surface area contributed by atoms with Crippen LogP contribution >= 0.6 is 0 Å². The molecule has 0 unspecified atom stereocenters. The fourth-order valence-electron chi connectivity index (χ4n) is 2.94. The van der Waals surface area contributed by atoms with Gasteiger partial charge in [-0.3, -0.25) is 9.79 Å². The van der Waals surface area contributed by atoms with Gasteiger partial charge in [0, 0.05) is 0 Å². The Bertz CT molecular complexity index is 507. The number of hydrogen-bond acceptors (Lipinski definition) is 4. The van der Waals surface area contributed by atoms with E-state index in [0.717, 1.165) is 38.5 Å². The minimum Gasteiger partial charge on any atom is -0.862 e. The van der Waals surface area contributed by atoms with E-state index in [0.29, 0.717) is 12.8 Å². The van der Waals surface area contributed by atoms with Crippen molar-refractivity contribution in [3.8, 4) is 0 Å². The first kappa shape index (κ1) is 30.3. The summed E-state index contributed by atoms with van der Waals surface area (Å²) in [5.74, 6) is -1.91. The molecule has 0 aromatic carbocycles. The quantitative estimate of drug-likeness (QED) is 0.127. The molecular weight excluding hydrogens is 379 g/mol. The van der Waals surface area contributed by atoms with Crippen molar-refractivity contribution < 1.29 is 49.4 Å². The number of carbonyl (C=O) groups is 2. The van der Waals surface area contributed by atoms with Crippen molar-refractivity contribution in [2.45, 2.75) is 97.6 Å². The zero-order valence-corrected chi connectivity index (χ0v) is 21.1. The zero-order valence-electron chi connectivity index (χ0n) is 19.1. The molecule has 0 aliphatic carbocycles. The van der Waals surface area contributed by atoms with Crippen molar-refractivity contribution in [1.29, 1.82) is 0 Å². The van der Waals surface area contributed by atoms with Gasteiger partial charge in [0.25, 0.3) is 0 Å². The number of nitrogens with one attached hydrogen (secondary N) is 1. The van der Waals surface area contributed by atoms with Gasteiger partial charge in [0.15, 0.2) is 0 Å². The molecule has 0 saturated carbocycles. The van der Waals surface area contributed by atoms with Crippen molar-refractivity contribution in [1.82, 2.24) is 5.32 Å². The van der Waals surface area contributed by atoms with Crippen molar-refractivity contribution in [2.24, 2.45) is 16.8 Å². The van der Waals surface area contributed by atoms with Crippen LogP contribution in [-0.2, 0) is 9.59 Å². The van der Waals surface area contributed by atoms with Crippen LogP contribution in [0.4, 0.5) is 0 Å². The second-order valence-corrected chi connectivity index (χ2v) is 8.19. The van der Waals surface area contributed by atoms with E-state index in [9.17, 15) is 19.8 Å². The molecule has 0 heterocycles. The standard InChI is InChI=1S/C22H40N2O4.Na/c1-6-7-8-9-10-11-12-13-14-19(25)23-18(15-16(2)3)21(26)24-20(17(4)5)22(27)28;/h6,16-18,20H,1,7-15H2,2-5H3,(H,23,25)(H,24,26)(H,27,28);/q;+1/p-1/t18-,20-;/m0./s1. The molecule has 1 amide bonds. The summed E-state index contributed by atoms with van der Waals surface area (Å²) < 4.78 is 0. The number of aliphatic carboxylic acids is 1. The van der Waals surface area contributed by atoms with Crippen molar-refractivity contribution in [2.75, 3.05) is 0 Å². The van der Waals surface area contributed by atoms with E-state index >= 15 is 0 Å². The first-order chi connectivity index (χ1) is 13.2. The minimum absolute atomic E-state index is 0. The summed E-state index contributed by atoms with van der Waals surface area (Å²) in [6, 6.07) is -1.81. The molecule has 2 N–H and O–H groups in total. The van der Waals surface area contributed by atoms with Gasteiger partial charge < -0.3 is 15.5 Å². The van der Waals surface area contributed by atoms with Crippen LogP contribution in [0.2, 0.25) is 0 Å². The first-order valence-corrected chi connectivity index (χ1v) is 10.6. The molecule has 29 heavy (non-hydrogen) atoms. The molecule has 0 fully saturated rings.